The van der Waals surface area contributed by atoms with Gasteiger partial charge in [0, 0.05) is 78.9 Å². The zero-order valence-electron chi connectivity index (χ0n) is 31.9. The molecule has 57 heavy (non-hydrogen) atoms. The fourth-order valence-corrected chi connectivity index (χ4v) is 7.78. The van der Waals surface area contributed by atoms with Crippen molar-refractivity contribution < 1.29 is 29.0 Å². The molecular formula is C42H42Cl2N6O7. The van der Waals surface area contributed by atoms with Gasteiger partial charge in [0.05, 0.1) is 40.9 Å². The smallest absolute Gasteiger partial charge is 0.410 e. The number of halogens is 2. The van der Waals surface area contributed by atoms with Gasteiger partial charge in [-0.3, -0.25) is 23.7 Å². The number of carbonyl (C=O) groups is 3. The second kappa shape index (κ2) is 16.2. The topological polar surface area (TPSA) is 156 Å². The predicted molar refractivity (Wildman–Crippen MR) is 216 cm³/mol. The predicted octanol–water partition coefficient (Wildman–Crippen LogP) is 6.94. The van der Waals surface area contributed by atoms with Crippen LogP contribution in [-0.4, -0.2) is 85.6 Å². The van der Waals surface area contributed by atoms with Crippen LogP contribution >= 0.6 is 23.2 Å². The van der Waals surface area contributed by atoms with E-state index < -0.39 is 17.7 Å². The van der Waals surface area contributed by atoms with Crippen LogP contribution in [0.5, 0.6) is 5.88 Å². The third-order valence-electron chi connectivity index (χ3n) is 10.0. The highest BCUT2D eigenvalue weighted by atomic mass is 35.5. The monoisotopic (exact) mass is 812 g/mol. The largest absolute Gasteiger partial charge is 0.481 e. The molecule has 2 aliphatic heterocycles. The van der Waals surface area contributed by atoms with Crippen molar-refractivity contribution in [1.82, 2.24) is 29.5 Å². The van der Waals surface area contributed by atoms with Crippen molar-refractivity contribution in [3.8, 4) is 39.4 Å². The number of amides is 2. The molecule has 2 fully saturated rings. The zero-order chi connectivity index (χ0) is 40.6. The Bertz CT molecular complexity index is 2440. The van der Waals surface area contributed by atoms with Crippen molar-refractivity contribution in [3.05, 3.63) is 105 Å². The molecule has 0 bridgehead atoms. The number of carboxylic acids is 1. The number of carboxylic acid groups (broad SMARTS) is 1. The molecule has 296 valence electrons. The van der Waals surface area contributed by atoms with E-state index in [1.807, 2.05) is 53.4 Å². The Balaban J connectivity index is 1.14. The van der Waals surface area contributed by atoms with E-state index in [0.717, 1.165) is 11.1 Å². The van der Waals surface area contributed by atoms with E-state index in [9.17, 15) is 24.3 Å². The van der Waals surface area contributed by atoms with Gasteiger partial charge in [-0.2, -0.15) is 0 Å². The lowest BCUT2D eigenvalue weighted by Gasteiger charge is -2.36. The van der Waals surface area contributed by atoms with Crippen LogP contribution in [0, 0.1) is 5.92 Å². The number of aliphatic carboxylic acids is 1. The SMILES string of the molecule is COc1nc(-c2cccc(-c3cccc(-c4ccn5c(=O)c(CN(C[C@@H]6CCC(=O)N6)C(=O)OC(C)(C)C)cnc5c4)c3Cl)c2Cl)ccc1CN1CC(C(=O)O)C1. The van der Waals surface area contributed by atoms with Crippen molar-refractivity contribution in [2.45, 2.75) is 58.3 Å². The molecule has 0 aliphatic carbocycles. The van der Waals surface area contributed by atoms with E-state index in [1.165, 1.54) is 15.5 Å². The maximum Gasteiger partial charge on any atom is 0.410 e. The Kier molecular flexibility index (Phi) is 11.3. The molecule has 2 amide bonds. The highest BCUT2D eigenvalue weighted by Crippen LogP contribution is 2.42. The van der Waals surface area contributed by atoms with Crippen molar-refractivity contribution in [2.24, 2.45) is 5.92 Å². The molecule has 0 unspecified atom stereocenters. The lowest BCUT2D eigenvalue weighted by atomic mass is 9.97. The Morgan fingerprint density at radius 3 is 2.30 bits per heavy atom. The van der Waals surface area contributed by atoms with Gasteiger partial charge in [-0.05, 0) is 51.0 Å². The number of pyridine rings is 2. The fraction of sp³-hybridized carbons (Fsp3) is 0.333. The van der Waals surface area contributed by atoms with Gasteiger partial charge in [-0.1, -0.05) is 65.7 Å². The van der Waals surface area contributed by atoms with Gasteiger partial charge in [-0.25, -0.2) is 14.8 Å². The summed E-state index contributed by atoms with van der Waals surface area (Å²) >= 11 is 14.2. The Morgan fingerprint density at radius 1 is 0.965 bits per heavy atom. The third kappa shape index (κ3) is 8.60. The minimum Gasteiger partial charge on any atom is -0.481 e. The number of carbonyl (C=O) groups excluding carboxylic acids is 2. The number of nitrogens with zero attached hydrogens (tertiary/aromatic N) is 5. The van der Waals surface area contributed by atoms with Crippen molar-refractivity contribution in [2.75, 3.05) is 26.7 Å². The molecule has 0 spiro atoms. The highest BCUT2D eigenvalue weighted by Gasteiger charge is 2.33. The first-order valence-electron chi connectivity index (χ1n) is 18.5. The number of aromatic nitrogens is 3. The highest BCUT2D eigenvalue weighted by molar-refractivity contribution is 6.39. The second-order valence-corrected chi connectivity index (χ2v) is 16.1. The number of rotatable bonds is 11. The van der Waals surface area contributed by atoms with Crippen LogP contribution in [0.25, 0.3) is 39.2 Å². The van der Waals surface area contributed by atoms with Crippen molar-refractivity contribution >= 4 is 46.8 Å². The molecule has 1 atom stereocenters. The molecular weight excluding hydrogens is 771 g/mol. The van der Waals surface area contributed by atoms with Crippen LogP contribution in [0.2, 0.25) is 10.0 Å². The van der Waals surface area contributed by atoms with E-state index in [2.05, 4.69) is 10.3 Å². The summed E-state index contributed by atoms with van der Waals surface area (Å²) in [5.74, 6) is -0.791. The van der Waals surface area contributed by atoms with Gasteiger partial charge in [0.1, 0.15) is 11.2 Å². The summed E-state index contributed by atoms with van der Waals surface area (Å²) in [5.41, 5.74) is 4.51. The zero-order valence-corrected chi connectivity index (χ0v) is 33.4. The molecule has 15 heteroatoms. The minimum absolute atomic E-state index is 0.0501. The van der Waals surface area contributed by atoms with Gasteiger partial charge in [0.2, 0.25) is 11.8 Å². The van der Waals surface area contributed by atoms with E-state index in [0.29, 0.717) is 82.0 Å². The molecule has 3 aromatic heterocycles. The molecule has 2 aromatic carbocycles. The number of benzene rings is 2. The van der Waals surface area contributed by atoms with Gasteiger partial charge in [0.25, 0.3) is 5.56 Å². The van der Waals surface area contributed by atoms with Gasteiger partial charge < -0.3 is 24.8 Å². The molecule has 5 aromatic rings. The van der Waals surface area contributed by atoms with Crippen molar-refractivity contribution in [3.63, 3.8) is 0 Å². The number of hydrogen-bond donors (Lipinski definition) is 2. The summed E-state index contributed by atoms with van der Waals surface area (Å²) in [5, 5.41) is 13.0. The van der Waals surface area contributed by atoms with E-state index in [4.69, 9.17) is 37.7 Å². The number of nitrogens with one attached hydrogen (secondary N) is 1. The van der Waals surface area contributed by atoms with Crippen LogP contribution in [-0.2, 0) is 27.4 Å². The van der Waals surface area contributed by atoms with Crippen molar-refractivity contribution in [1.29, 1.82) is 0 Å². The quantitative estimate of drug-likeness (QED) is 0.143. The average Bonchev–Trinajstić information content (AvgIpc) is 3.57. The number of ether oxygens (including phenoxy) is 2. The number of fused-ring (bicyclic) bond motifs is 1. The van der Waals surface area contributed by atoms with Crippen LogP contribution in [0.15, 0.2) is 77.9 Å². The summed E-state index contributed by atoms with van der Waals surface area (Å²) in [6.45, 7) is 6.92. The van der Waals surface area contributed by atoms with Gasteiger partial charge >= 0.3 is 12.1 Å². The summed E-state index contributed by atoms with van der Waals surface area (Å²) in [7, 11) is 1.55. The summed E-state index contributed by atoms with van der Waals surface area (Å²) < 4.78 is 12.7. The molecule has 5 heterocycles. The van der Waals surface area contributed by atoms with Crippen LogP contribution in [0.4, 0.5) is 4.79 Å². The summed E-state index contributed by atoms with van der Waals surface area (Å²) in [6, 6.07) is 18.4. The van der Waals surface area contributed by atoms with E-state index in [1.54, 1.807) is 46.2 Å². The molecule has 2 aliphatic rings. The normalized spacial score (nSPS) is 16.0. The van der Waals surface area contributed by atoms with Crippen LogP contribution in [0.1, 0.15) is 44.7 Å². The van der Waals surface area contributed by atoms with Gasteiger partial charge in [0.15, 0.2) is 0 Å². The molecule has 2 saturated heterocycles. The molecule has 0 saturated carbocycles. The standard InChI is InChI=1S/C42H42Cl2N6O7/c1-42(2,3)57-41(55)49(23-28-12-14-35(51)46-28)22-26-18-45-34-17-24(15-16-50(34)39(26)52)29-7-5-8-30(36(29)43)31-9-6-10-32(37(31)44)33-13-11-25(38(47-33)56-4)19-48-20-27(21-48)40(53)54/h5-11,13,15-18,27-28H,12,14,19-23H2,1-4H3,(H,46,51)(H,53,54)/t28-/m0/s1. The first kappa shape index (κ1) is 39.7. The Labute approximate surface area is 339 Å². The summed E-state index contributed by atoms with van der Waals surface area (Å²) in [6.07, 6.45) is 3.46. The van der Waals surface area contributed by atoms with Gasteiger partial charge in [-0.15, -0.1) is 0 Å². The fourth-order valence-electron chi connectivity index (χ4n) is 7.12. The molecule has 13 nitrogen and oxygen atoms in total. The minimum atomic E-state index is -0.789. The number of hydrogen-bond acceptors (Lipinski definition) is 9. The molecule has 2 N–H and O–H groups in total. The maximum atomic E-state index is 13.8. The third-order valence-corrected chi connectivity index (χ3v) is 10.8. The number of methoxy groups -OCH3 is 1. The Hall–Kier alpha value is -5.50. The van der Waals surface area contributed by atoms with E-state index >= 15 is 0 Å². The first-order chi connectivity index (χ1) is 27.2. The van der Waals surface area contributed by atoms with Crippen LogP contribution < -0.4 is 15.6 Å². The van der Waals surface area contributed by atoms with Crippen LogP contribution in [0.3, 0.4) is 0 Å². The molecule has 0 radical (unpaired) electrons. The first-order valence-corrected chi connectivity index (χ1v) is 19.3. The maximum absolute atomic E-state index is 13.8. The average molecular weight is 814 g/mol. The second-order valence-electron chi connectivity index (χ2n) is 15.3. The lowest BCUT2D eigenvalue weighted by Crippen LogP contribution is -2.49. The van der Waals surface area contributed by atoms with E-state index in [-0.39, 0.29) is 42.1 Å². The number of likely N-dealkylation sites (tertiary alicyclic amines) is 1. The summed E-state index contributed by atoms with van der Waals surface area (Å²) in [4.78, 5) is 62.9. The lowest BCUT2D eigenvalue weighted by molar-refractivity contribution is -0.147. The molecule has 7 rings (SSSR count). The Morgan fingerprint density at radius 2 is 1.65 bits per heavy atom.